The molecular weight excluding hydrogens is 147 g/mol. The van der Waals surface area contributed by atoms with Gasteiger partial charge in [-0.1, -0.05) is 0 Å². The second-order valence-corrected chi connectivity index (χ2v) is 2.94. The highest BCUT2D eigenvalue weighted by Gasteiger charge is 2.14. The molecule has 0 radical (unpaired) electrons. The lowest BCUT2D eigenvalue weighted by Crippen LogP contribution is -2.18. The summed E-state index contributed by atoms with van der Waals surface area (Å²) in [5.74, 6) is -0.117. The van der Waals surface area contributed by atoms with Crippen LogP contribution < -0.4 is 0 Å². The van der Waals surface area contributed by atoms with Crippen molar-refractivity contribution in [1.29, 1.82) is 0 Å². The molecule has 0 unspecified atom stereocenters. The molecule has 0 fully saturated rings. The highest BCUT2D eigenvalue weighted by Crippen LogP contribution is 2.04. The molecule has 0 heterocycles. The average Bonchev–Trinajstić information content (AvgIpc) is 1.64. The number of carbonyl (C=O) groups excluding carboxylic acids is 1. The number of hydrogen-bond acceptors (Lipinski definition) is 1. The minimum Gasteiger partial charge on any atom is -0.296 e. The van der Waals surface area contributed by atoms with E-state index in [0.717, 1.165) is 0 Å². The molecule has 0 aromatic heterocycles. The highest BCUT2D eigenvalue weighted by molar-refractivity contribution is 6.39. The fourth-order valence-electron chi connectivity index (χ4n) is 0.316. The SMILES string of the molecule is C[C@@H](Cl)C(=O)[C@@H](C)Cl. The van der Waals surface area contributed by atoms with Gasteiger partial charge in [0.25, 0.3) is 0 Å². The number of ketones is 1. The molecular formula is C5H8Cl2O. The lowest BCUT2D eigenvalue weighted by Gasteiger charge is -2.01. The Morgan fingerprint density at radius 1 is 1.25 bits per heavy atom. The van der Waals surface area contributed by atoms with Gasteiger partial charge in [0.1, 0.15) is 0 Å². The number of Topliss-reactive ketones (excluding diaryl/α,β-unsaturated/α-hetero) is 1. The smallest absolute Gasteiger partial charge is 0.167 e. The molecule has 0 aliphatic heterocycles. The summed E-state index contributed by atoms with van der Waals surface area (Å²) in [5, 5.41) is -0.912. The Hall–Kier alpha value is 0.250. The van der Waals surface area contributed by atoms with Crippen molar-refractivity contribution in [2.24, 2.45) is 0 Å². The number of halogens is 2. The quantitative estimate of drug-likeness (QED) is 0.555. The van der Waals surface area contributed by atoms with Gasteiger partial charge in [-0.3, -0.25) is 4.79 Å². The van der Waals surface area contributed by atoms with Gasteiger partial charge in [-0.25, -0.2) is 0 Å². The molecule has 3 heteroatoms. The molecule has 0 amide bonds. The van der Waals surface area contributed by atoms with Gasteiger partial charge in [-0.15, -0.1) is 23.2 Å². The highest BCUT2D eigenvalue weighted by atomic mass is 35.5. The monoisotopic (exact) mass is 154 g/mol. The van der Waals surface area contributed by atoms with Crippen molar-refractivity contribution in [2.45, 2.75) is 24.6 Å². The Balaban J connectivity index is 3.65. The van der Waals surface area contributed by atoms with Crippen LogP contribution in [0.2, 0.25) is 0 Å². The molecule has 48 valence electrons. The van der Waals surface area contributed by atoms with E-state index in [1.807, 2.05) is 0 Å². The topological polar surface area (TPSA) is 17.1 Å². The molecule has 0 rings (SSSR count). The Morgan fingerprint density at radius 2 is 1.50 bits per heavy atom. The molecule has 0 spiro atoms. The van der Waals surface area contributed by atoms with E-state index < -0.39 is 10.8 Å². The summed E-state index contributed by atoms with van der Waals surface area (Å²) in [7, 11) is 0. The van der Waals surface area contributed by atoms with Crippen molar-refractivity contribution in [2.75, 3.05) is 0 Å². The van der Waals surface area contributed by atoms with Crippen LogP contribution in [0.1, 0.15) is 13.8 Å². The third-order valence-corrected chi connectivity index (χ3v) is 1.21. The second kappa shape index (κ2) is 3.31. The number of hydrogen-bond donors (Lipinski definition) is 0. The zero-order valence-corrected chi connectivity index (χ0v) is 6.33. The van der Waals surface area contributed by atoms with E-state index in [1.54, 1.807) is 13.8 Å². The summed E-state index contributed by atoms with van der Waals surface area (Å²) in [5.41, 5.74) is 0. The summed E-state index contributed by atoms with van der Waals surface area (Å²) in [4.78, 5) is 10.6. The van der Waals surface area contributed by atoms with Crippen LogP contribution in [0.15, 0.2) is 0 Å². The molecule has 2 atom stereocenters. The van der Waals surface area contributed by atoms with Crippen LogP contribution in [0.5, 0.6) is 0 Å². The normalized spacial score (nSPS) is 17.5. The first-order chi connectivity index (χ1) is 3.55. The van der Waals surface area contributed by atoms with Crippen LogP contribution in [0, 0.1) is 0 Å². The first-order valence-electron chi connectivity index (χ1n) is 2.37. The zero-order valence-electron chi connectivity index (χ0n) is 4.82. The summed E-state index contributed by atoms with van der Waals surface area (Å²) in [6.07, 6.45) is 0. The number of carbonyl (C=O) groups is 1. The van der Waals surface area contributed by atoms with E-state index in [0.29, 0.717) is 0 Å². The Labute approximate surface area is 59.0 Å². The summed E-state index contributed by atoms with van der Waals surface area (Å²) >= 11 is 10.8. The van der Waals surface area contributed by atoms with E-state index in [-0.39, 0.29) is 5.78 Å². The van der Waals surface area contributed by atoms with Gasteiger partial charge < -0.3 is 0 Å². The molecule has 8 heavy (non-hydrogen) atoms. The molecule has 0 saturated carbocycles. The van der Waals surface area contributed by atoms with E-state index >= 15 is 0 Å². The Kier molecular flexibility index (Phi) is 3.41. The molecule has 0 aliphatic carbocycles. The standard InChI is InChI=1S/C5H8Cl2O/c1-3(6)5(8)4(2)7/h3-4H,1-2H3/t3-,4-/m1/s1. The lowest BCUT2D eigenvalue weighted by molar-refractivity contribution is -0.117. The van der Waals surface area contributed by atoms with Crippen molar-refractivity contribution in [3.63, 3.8) is 0 Å². The molecule has 0 aromatic rings. The van der Waals surface area contributed by atoms with Gasteiger partial charge in [0.2, 0.25) is 0 Å². The second-order valence-electron chi connectivity index (χ2n) is 1.63. The molecule has 0 N–H and O–H groups in total. The maximum atomic E-state index is 10.6. The van der Waals surface area contributed by atoms with Crippen LogP contribution >= 0.6 is 23.2 Å². The van der Waals surface area contributed by atoms with Crippen LogP contribution in [-0.4, -0.2) is 16.5 Å². The first-order valence-corrected chi connectivity index (χ1v) is 3.25. The van der Waals surface area contributed by atoms with Gasteiger partial charge in [0, 0.05) is 0 Å². The van der Waals surface area contributed by atoms with Crippen molar-refractivity contribution in [1.82, 2.24) is 0 Å². The van der Waals surface area contributed by atoms with Gasteiger partial charge in [0.15, 0.2) is 5.78 Å². The third-order valence-electron chi connectivity index (χ3n) is 0.784. The van der Waals surface area contributed by atoms with E-state index in [2.05, 4.69) is 0 Å². The Bertz CT molecular complexity index is 78.4. The van der Waals surface area contributed by atoms with E-state index in [9.17, 15) is 4.79 Å². The van der Waals surface area contributed by atoms with Crippen LogP contribution in [0.4, 0.5) is 0 Å². The van der Waals surface area contributed by atoms with Crippen molar-refractivity contribution < 1.29 is 4.79 Å². The largest absolute Gasteiger partial charge is 0.296 e. The minimum absolute atomic E-state index is 0.117. The molecule has 1 nitrogen and oxygen atoms in total. The van der Waals surface area contributed by atoms with Gasteiger partial charge in [0.05, 0.1) is 10.8 Å². The zero-order chi connectivity index (χ0) is 6.73. The van der Waals surface area contributed by atoms with Crippen molar-refractivity contribution in [3.05, 3.63) is 0 Å². The predicted molar refractivity (Wildman–Crippen MR) is 35.6 cm³/mol. The minimum atomic E-state index is -0.456. The summed E-state index contributed by atoms with van der Waals surface area (Å²) in [6, 6.07) is 0. The average molecular weight is 155 g/mol. The van der Waals surface area contributed by atoms with Gasteiger partial charge >= 0.3 is 0 Å². The Morgan fingerprint density at radius 3 is 1.50 bits per heavy atom. The van der Waals surface area contributed by atoms with E-state index in [4.69, 9.17) is 23.2 Å². The first kappa shape index (κ1) is 8.25. The number of rotatable bonds is 2. The number of alkyl halides is 2. The summed E-state index contributed by atoms with van der Waals surface area (Å²) < 4.78 is 0. The predicted octanol–water partition coefficient (Wildman–Crippen LogP) is 1.81. The van der Waals surface area contributed by atoms with Crippen LogP contribution in [0.25, 0.3) is 0 Å². The fraction of sp³-hybridized carbons (Fsp3) is 0.800. The van der Waals surface area contributed by atoms with Crippen LogP contribution in [0.3, 0.4) is 0 Å². The molecule has 0 bridgehead atoms. The van der Waals surface area contributed by atoms with E-state index in [1.165, 1.54) is 0 Å². The maximum absolute atomic E-state index is 10.6. The van der Waals surface area contributed by atoms with Crippen LogP contribution in [-0.2, 0) is 4.79 Å². The molecule has 0 aromatic carbocycles. The van der Waals surface area contributed by atoms with Crippen molar-refractivity contribution >= 4 is 29.0 Å². The molecule has 0 saturated heterocycles. The lowest BCUT2D eigenvalue weighted by atomic mass is 10.2. The maximum Gasteiger partial charge on any atom is 0.167 e. The third kappa shape index (κ3) is 2.53. The van der Waals surface area contributed by atoms with Crippen molar-refractivity contribution in [3.8, 4) is 0 Å². The fourth-order valence-corrected chi connectivity index (χ4v) is 0.759. The molecule has 0 aliphatic rings. The van der Waals surface area contributed by atoms with Gasteiger partial charge in [-0.2, -0.15) is 0 Å². The van der Waals surface area contributed by atoms with Gasteiger partial charge in [-0.05, 0) is 13.8 Å². The summed E-state index contributed by atoms with van der Waals surface area (Å²) in [6.45, 7) is 3.23.